The van der Waals surface area contributed by atoms with Gasteiger partial charge in [0, 0.05) is 25.0 Å². The molecule has 0 aliphatic rings. The molecule has 0 fully saturated rings. The number of carbonyl (C=O) groups is 1. The Morgan fingerprint density at radius 1 is 1.04 bits per heavy atom. The number of benzene rings is 1. The number of carbonyl (C=O) groups excluding carboxylic acids is 1. The summed E-state index contributed by atoms with van der Waals surface area (Å²) in [5.74, 6) is 0.430. The number of nitrogens with zero attached hydrogens (tertiary/aromatic N) is 3. The zero-order valence-corrected chi connectivity index (χ0v) is 15.2. The van der Waals surface area contributed by atoms with Crippen molar-refractivity contribution in [3.63, 3.8) is 0 Å². The van der Waals surface area contributed by atoms with Crippen LogP contribution in [-0.2, 0) is 11.3 Å². The molecule has 5 heteroatoms. The molecule has 0 N–H and O–H groups in total. The van der Waals surface area contributed by atoms with Gasteiger partial charge in [0.05, 0.1) is 5.75 Å². The van der Waals surface area contributed by atoms with Crippen LogP contribution in [0.4, 0.5) is 0 Å². The van der Waals surface area contributed by atoms with Gasteiger partial charge in [0.25, 0.3) is 0 Å². The van der Waals surface area contributed by atoms with Crippen LogP contribution in [0.15, 0.2) is 29.4 Å². The quantitative estimate of drug-likeness (QED) is 0.622. The molecule has 0 unspecified atom stereocenters. The van der Waals surface area contributed by atoms with E-state index in [2.05, 4.69) is 41.2 Å². The molecule has 1 amide bonds. The summed E-state index contributed by atoms with van der Waals surface area (Å²) in [5.41, 5.74) is 5.41. The molecule has 0 radical (unpaired) electrons. The molecule has 23 heavy (non-hydrogen) atoms. The Hall–Kier alpha value is -1.88. The minimum atomic E-state index is 0.0788. The number of aromatic nitrogens is 2. The van der Waals surface area contributed by atoms with Crippen molar-refractivity contribution in [3.05, 3.63) is 52.3 Å². The molecule has 1 heterocycles. The molecule has 0 saturated carbocycles. The smallest absolute Gasteiger partial charge is 0.233 e. The summed E-state index contributed by atoms with van der Waals surface area (Å²) in [4.78, 5) is 22.9. The molecule has 122 valence electrons. The number of rotatable bonds is 5. The Morgan fingerprint density at radius 3 is 2.17 bits per heavy atom. The van der Waals surface area contributed by atoms with Crippen molar-refractivity contribution < 1.29 is 4.79 Å². The first kappa shape index (κ1) is 17.5. The highest BCUT2D eigenvalue weighted by Crippen LogP contribution is 2.17. The fourth-order valence-electron chi connectivity index (χ4n) is 2.10. The van der Waals surface area contributed by atoms with Gasteiger partial charge in [0.2, 0.25) is 5.91 Å². The third kappa shape index (κ3) is 4.79. The van der Waals surface area contributed by atoms with Gasteiger partial charge in [-0.25, -0.2) is 9.97 Å². The second kappa shape index (κ2) is 7.59. The van der Waals surface area contributed by atoms with Gasteiger partial charge in [-0.2, -0.15) is 0 Å². The third-order valence-electron chi connectivity index (χ3n) is 3.90. The Labute approximate surface area is 142 Å². The first-order valence-electron chi connectivity index (χ1n) is 7.61. The predicted octanol–water partition coefficient (Wildman–Crippen LogP) is 3.46. The maximum atomic E-state index is 12.3. The van der Waals surface area contributed by atoms with E-state index in [0.717, 1.165) is 22.5 Å². The highest BCUT2D eigenvalue weighted by molar-refractivity contribution is 7.99. The van der Waals surface area contributed by atoms with E-state index in [9.17, 15) is 4.79 Å². The second-order valence-electron chi connectivity index (χ2n) is 5.83. The normalized spacial score (nSPS) is 10.7. The van der Waals surface area contributed by atoms with Crippen molar-refractivity contribution in [1.82, 2.24) is 14.9 Å². The lowest BCUT2D eigenvalue weighted by molar-refractivity contribution is -0.127. The van der Waals surface area contributed by atoms with E-state index in [1.807, 2.05) is 27.8 Å². The largest absolute Gasteiger partial charge is 0.341 e. The molecule has 2 rings (SSSR count). The summed E-state index contributed by atoms with van der Waals surface area (Å²) in [6, 6.07) is 8.24. The number of hydrogen-bond donors (Lipinski definition) is 0. The molecule has 0 aliphatic carbocycles. The van der Waals surface area contributed by atoms with Crippen LogP contribution in [0.25, 0.3) is 0 Å². The maximum Gasteiger partial charge on any atom is 0.233 e. The average molecular weight is 329 g/mol. The highest BCUT2D eigenvalue weighted by atomic mass is 32.2. The van der Waals surface area contributed by atoms with Gasteiger partial charge in [0.1, 0.15) is 0 Å². The minimum Gasteiger partial charge on any atom is -0.341 e. The third-order valence-corrected chi connectivity index (χ3v) is 4.74. The van der Waals surface area contributed by atoms with Crippen LogP contribution < -0.4 is 0 Å². The summed E-state index contributed by atoms with van der Waals surface area (Å²) in [5, 5.41) is 0.669. The Morgan fingerprint density at radius 2 is 1.61 bits per heavy atom. The topological polar surface area (TPSA) is 46.1 Å². The van der Waals surface area contributed by atoms with Crippen LogP contribution >= 0.6 is 11.8 Å². The van der Waals surface area contributed by atoms with Gasteiger partial charge in [-0.05, 0) is 38.8 Å². The van der Waals surface area contributed by atoms with Gasteiger partial charge in [-0.3, -0.25) is 4.79 Å². The molecule has 0 saturated heterocycles. The standard InChI is InChI=1S/C18H23N3OS/c1-12-6-8-16(9-7-12)10-21(5)17(22)11-23-18-19-14(3)13(2)15(4)20-18/h6-9H,10-11H2,1-5H3. The van der Waals surface area contributed by atoms with Crippen molar-refractivity contribution in [1.29, 1.82) is 0 Å². The van der Waals surface area contributed by atoms with E-state index in [0.29, 0.717) is 17.5 Å². The molecule has 1 aromatic heterocycles. The van der Waals surface area contributed by atoms with Crippen LogP contribution in [0.2, 0.25) is 0 Å². The van der Waals surface area contributed by atoms with E-state index in [-0.39, 0.29) is 5.91 Å². The summed E-state index contributed by atoms with van der Waals surface area (Å²) < 4.78 is 0. The zero-order valence-electron chi connectivity index (χ0n) is 14.4. The molecule has 0 bridgehead atoms. The van der Waals surface area contributed by atoms with Gasteiger partial charge >= 0.3 is 0 Å². The SMILES string of the molecule is Cc1ccc(CN(C)C(=O)CSc2nc(C)c(C)c(C)n2)cc1. The molecule has 2 aromatic rings. The summed E-state index contributed by atoms with van der Waals surface area (Å²) in [7, 11) is 1.83. The van der Waals surface area contributed by atoms with E-state index < -0.39 is 0 Å². The first-order chi connectivity index (χ1) is 10.9. The summed E-state index contributed by atoms with van der Waals surface area (Å²) in [6.07, 6.45) is 0. The number of thioether (sulfide) groups is 1. The Balaban J connectivity index is 1.92. The Bertz CT molecular complexity index is 675. The first-order valence-corrected chi connectivity index (χ1v) is 8.59. The lowest BCUT2D eigenvalue weighted by Gasteiger charge is -2.17. The van der Waals surface area contributed by atoms with Crippen LogP contribution in [-0.4, -0.2) is 33.6 Å². The average Bonchev–Trinajstić information content (AvgIpc) is 2.52. The number of hydrogen-bond acceptors (Lipinski definition) is 4. The maximum absolute atomic E-state index is 12.3. The van der Waals surface area contributed by atoms with Crippen molar-refractivity contribution in [2.24, 2.45) is 0 Å². The lowest BCUT2D eigenvalue weighted by Crippen LogP contribution is -2.27. The summed E-state index contributed by atoms with van der Waals surface area (Å²) >= 11 is 1.39. The molecule has 0 spiro atoms. The van der Waals surface area contributed by atoms with E-state index >= 15 is 0 Å². The molecular weight excluding hydrogens is 306 g/mol. The fourth-order valence-corrected chi connectivity index (χ4v) is 2.97. The van der Waals surface area contributed by atoms with E-state index in [1.165, 1.54) is 17.3 Å². The van der Waals surface area contributed by atoms with Crippen molar-refractivity contribution >= 4 is 17.7 Å². The van der Waals surface area contributed by atoms with Gasteiger partial charge < -0.3 is 4.90 Å². The highest BCUT2D eigenvalue weighted by Gasteiger charge is 2.12. The number of aryl methyl sites for hydroxylation is 3. The zero-order chi connectivity index (χ0) is 17.0. The van der Waals surface area contributed by atoms with E-state index in [4.69, 9.17) is 0 Å². The molecule has 4 nitrogen and oxygen atoms in total. The van der Waals surface area contributed by atoms with Crippen LogP contribution in [0.3, 0.4) is 0 Å². The molecule has 1 aromatic carbocycles. The van der Waals surface area contributed by atoms with Crippen LogP contribution in [0.5, 0.6) is 0 Å². The van der Waals surface area contributed by atoms with Crippen molar-refractivity contribution in [2.45, 2.75) is 39.4 Å². The van der Waals surface area contributed by atoms with Gasteiger partial charge in [0.15, 0.2) is 5.16 Å². The molecule has 0 aliphatic heterocycles. The monoisotopic (exact) mass is 329 g/mol. The van der Waals surface area contributed by atoms with Crippen molar-refractivity contribution in [2.75, 3.05) is 12.8 Å². The minimum absolute atomic E-state index is 0.0788. The Kier molecular flexibility index (Phi) is 5.77. The van der Waals surface area contributed by atoms with Crippen LogP contribution in [0, 0.1) is 27.7 Å². The van der Waals surface area contributed by atoms with Crippen molar-refractivity contribution in [3.8, 4) is 0 Å². The molecular formula is C18H23N3OS. The van der Waals surface area contributed by atoms with E-state index in [1.54, 1.807) is 4.90 Å². The van der Waals surface area contributed by atoms with Gasteiger partial charge in [-0.1, -0.05) is 41.6 Å². The molecule has 0 atom stereocenters. The van der Waals surface area contributed by atoms with Crippen LogP contribution in [0.1, 0.15) is 28.1 Å². The fraction of sp³-hybridized carbons (Fsp3) is 0.389. The van der Waals surface area contributed by atoms with Gasteiger partial charge in [-0.15, -0.1) is 0 Å². The second-order valence-corrected chi connectivity index (χ2v) is 6.77. The summed E-state index contributed by atoms with van der Waals surface area (Å²) in [6.45, 7) is 8.63. The lowest BCUT2D eigenvalue weighted by atomic mass is 10.1. The predicted molar refractivity (Wildman–Crippen MR) is 94.6 cm³/mol. The number of amides is 1.